The van der Waals surface area contributed by atoms with E-state index in [0.29, 0.717) is 11.3 Å². The van der Waals surface area contributed by atoms with Crippen LogP contribution in [0.4, 0.5) is 5.69 Å². The molecule has 1 aliphatic rings. The number of rotatable bonds is 8. The third-order valence-electron chi connectivity index (χ3n) is 4.56. The monoisotopic (exact) mass is 492 g/mol. The molecular formula is C20H22K2N4O4S. The van der Waals surface area contributed by atoms with Crippen LogP contribution in [-0.4, -0.2) is 38.5 Å². The number of carboxylic acid groups (broad SMARTS) is 1. The van der Waals surface area contributed by atoms with Crippen molar-refractivity contribution < 1.29 is 121 Å². The van der Waals surface area contributed by atoms with Gasteiger partial charge in [0.25, 0.3) is 0 Å². The van der Waals surface area contributed by atoms with Crippen LogP contribution in [-0.2, 0) is 21.2 Å². The summed E-state index contributed by atoms with van der Waals surface area (Å²) >= 11 is 0. The number of carbonyl (C=O) groups excluding carboxylic acids is 1. The first-order valence-corrected chi connectivity index (χ1v) is 10.9. The minimum atomic E-state index is -4.16. The van der Waals surface area contributed by atoms with Gasteiger partial charge in [0.2, 0.25) is 0 Å². The minimum absolute atomic E-state index is 0. The number of sulfonamides is 1. The number of nitrogens with zero attached hydrogens (tertiary/aromatic N) is 4. The molecule has 1 unspecified atom stereocenters. The number of carboxylic acids is 1. The molecule has 0 aromatic heterocycles. The summed E-state index contributed by atoms with van der Waals surface area (Å²) in [5, 5.41) is 21.6. The fraction of sp³-hybridized carbons (Fsp3) is 0.350. The number of aliphatic carboxylic acids is 1. The molecule has 2 aromatic carbocycles. The molecule has 0 N–H and O–H groups in total. The first-order valence-electron chi connectivity index (χ1n) is 9.43. The number of carbonyl (C=O) groups is 1. The second kappa shape index (κ2) is 14.7. The van der Waals surface area contributed by atoms with Gasteiger partial charge in [-0.2, -0.15) is 0 Å². The molecule has 1 fully saturated rings. The van der Waals surface area contributed by atoms with Crippen molar-refractivity contribution in [3.8, 4) is 0 Å². The van der Waals surface area contributed by atoms with Gasteiger partial charge in [0.05, 0.1) is 5.69 Å². The molecule has 1 aliphatic heterocycles. The average Bonchev–Trinajstić information content (AvgIpc) is 2.73. The van der Waals surface area contributed by atoms with Crippen molar-refractivity contribution in [3.05, 3.63) is 64.9 Å². The van der Waals surface area contributed by atoms with E-state index in [4.69, 9.17) is 0 Å². The number of hydrogen-bond acceptors (Lipinski definition) is 6. The van der Waals surface area contributed by atoms with Crippen LogP contribution in [0.1, 0.15) is 24.8 Å². The molecule has 31 heavy (non-hydrogen) atoms. The predicted octanol–water partition coefficient (Wildman–Crippen LogP) is -3.40. The topological polar surface area (TPSA) is 116 Å². The summed E-state index contributed by atoms with van der Waals surface area (Å²) < 4.78 is 28.6. The van der Waals surface area contributed by atoms with Crippen LogP contribution in [0, 0.1) is 0 Å². The minimum Gasteiger partial charge on any atom is -0.552 e. The maximum Gasteiger partial charge on any atom is 1.00 e. The Morgan fingerprint density at radius 3 is 2.19 bits per heavy atom. The molecular weight excluding hydrogens is 471 g/mol. The molecule has 0 aliphatic carbocycles. The summed E-state index contributed by atoms with van der Waals surface area (Å²) in [5.74, 6) is -1.54. The molecule has 11 heteroatoms. The summed E-state index contributed by atoms with van der Waals surface area (Å²) in [6.45, 7) is 1.72. The van der Waals surface area contributed by atoms with E-state index in [0.717, 1.165) is 25.9 Å². The van der Waals surface area contributed by atoms with Crippen molar-refractivity contribution in [1.29, 1.82) is 0 Å². The van der Waals surface area contributed by atoms with Crippen molar-refractivity contribution in [2.45, 2.75) is 36.6 Å². The fourth-order valence-electron chi connectivity index (χ4n) is 3.00. The molecule has 0 amide bonds. The number of benzene rings is 2. The van der Waals surface area contributed by atoms with Gasteiger partial charge in [-0.3, -0.25) is 5.01 Å². The van der Waals surface area contributed by atoms with Crippen LogP contribution in [0.3, 0.4) is 0 Å². The maximum atomic E-state index is 12.5. The smallest absolute Gasteiger partial charge is 0.552 e. The Hall–Kier alpha value is 0.493. The van der Waals surface area contributed by atoms with Gasteiger partial charge < -0.3 is 14.6 Å². The second-order valence-corrected chi connectivity index (χ2v) is 8.44. The molecule has 0 bridgehead atoms. The molecule has 0 saturated carbocycles. The predicted molar refractivity (Wildman–Crippen MR) is 106 cm³/mol. The van der Waals surface area contributed by atoms with Crippen molar-refractivity contribution in [3.63, 3.8) is 0 Å². The van der Waals surface area contributed by atoms with Gasteiger partial charge in [-0.25, -0.2) is 8.42 Å². The standard InChI is InChI=1S/C20H23N4O4S.2K/c25-20(26)19(15-16-7-3-1-4-8-16)22-29(27,28)18-11-9-17(10-12-18)21-23-24-13-5-2-6-14-24;;/h1,3-4,7-12,19H,2,5-6,13-15H2,(H,25,26);;/q-1;2*+1/p-1. The summed E-state index contributed by atoms with van der Waals surface area (Å²) in [7, 11) is -4.16. The molecule has 0 radical (unpaired) electrons. The van der Waals surface area contributed by atoms with E-state index in [-0.39, 0.29) is 114 Å². The Morgan fingerprint density at radius 2 is 1.61 bits per heavy atom. The summed E-state index contributed by atoms with van der Waals surface area (Å²) in [5.41, 5.74) is 1.17. The second-order valence-electron chi connectivity index (χ2n) is 6.80. The fourth-order valence-corrected chi connectivity index (χ4v) is 4.09. The van der Waals surface area contributed by atoms with Crippen molar-refractivity contribution in [1.82, 2.24) is 5.01 Å². The Labute approximate surface area is 268 Å². The van der Waals surface area contributed by atoms with E-state index < -0.39 is 22.0 Å². The van der Waals surface area contributed by atoms with Gasteiger partial charge in [0.1, 0.15) is 10.0 Å². The van der Waals surface area contributed by atoms with Gasteiger partial charge in [-0.05, 0) is 55.5 Å². The van der Waals surface area contributed by atoms with E-state index in [1.807, 2.05) is 5.01 Å². The maximum absolute atomic E-state index is 12.5. The van der Waals surface area contributed by atoms with Crippen LogP contribution >= 0.6 is 0 Å². The molecule has 8 nitrogen and oxygen atoms in total. The van der Waals surface area contributed by atoms with Crippen molar-refractivity contribution >= 4 is 21.7 Å². The van der Waals surface area contributed by atoms with Crippen LogP contribution in [0.5, 0.6) is 0 Å². The Balaban J connectivity index is 0.00000240. The quantitative estimate of drug-likeness (QED) is 0.281. The van der Waals surface area contributed by atoms with Crippen LogP contribution in [0.15, 0.2) is 69.8 Å². The van der Waals surface area contributed by atoms with Crippen molar-refractivity contribution in [2.75, 3.05) is 13.1 Å². The SMILES string of the molecule is O=C([O-])C(Cc1ccccc1)[N-]S(=O)(=O)c1ccc(N=NN2CCCCC2)cc1.[K+].[K+]. The third-order valence-corrected chi connectivity index (χ3v) is 5.96. The average molecular weight is 493 g/mol. The van der Waals surface area contributed by atoms with Crippen molar-refractivity contribution in [2.24, 2.45) is 10.3 Å². The largest absolute Gasteiger partial charge is 1.00 e. The Morgan fingerprint density at radius 1 is 1.00 bits per heavy atom. The van der Waals surface area contributed by atoms with E-state index in [2.05, 4.69) is 15.1 Å². The van der Waals surface area contributed by atoms with E-state index in [1.165, 1.54) is 30.7 Å². The molecule has 2 aromatic rings. The van der Waals surface area contributed by atoms with Gasteiger partial charge in [-0.1, -0.05) is 41.6 Å². The molecule has 0 spiro atoms. The Kier molecular flexibility index (Phi) is 14.0. The molecule has 1 atom stereocenters. The molecule has 3 rings (SSSR count). The van der Waals surface area contributed by atoms with Gasteiger partial charge in [0.15, 0.2) is 0 Å². The Bertz CT molecular complexity index is 951. The zero-order valence-electron chi connectivity index (χ0n) is 17.8. The summed E-state index contributed by atoms with van der Waals surface area (Å²) in [6.07, 6.45) is 3.30. The number of piperidine rings is 1. The van der Waals surface area contributed by atoms with Gasteiger partial charge in [-0.15, -0.1) is 5.11 Å². The third kappa shape index (κ3) is 9.71. The molecule has 1 heterocycles. The summed E-state index contributed by atoms with van der Waals surface area (Å²) in [4.78, 5) is 11.3. The zero-order chi connectivity index (χ0) is 20.7. The van der Waals surface area contributed by atoms with Crippen LogP contribution < -0.4 is 108 Å². The molecule has 154 valence electrons. The van der Waals surface area contributed by atoms with E-state index in [1.54, 1.807) is 30.3 Å². The van der Waals surface area contributed by atoms with Gasteiger partial charge in [0, 0.05) is 24.0 Å². The summed E-state index contributed by atoms with van der Waals surface area (Å²) in [6, 6.07) is 12.9. The molecule has 1 saturated heterocycles. The van der Waals surface area contributed by atoms with Gasteiger partial charge >= 0.3 is 103 Å². The van der Waals surface area contributed by atoms with Crippen LogP contribution in [0.2, 0.25) is 0 Å². The zero-order valence-corrected chi connectivity index (χ0v) is 24.9. The normalized spacial score (nSPS) is 15.0. The van der Waals surface area contributed by atoms with E-state index in [9.17, 15) is 18.3 Å². The van der Waals surface area contributed by atoms with Crippen LogP contribution in [0.25, 0.3) is 4.72 Å². The first kappa shape index (κ1) is 29.5. The number of hydrogen-bond donors (Lipinski definition) is 0. The first-order chi connectivity index (χ1) is 13.9. The van der Waals surface area contributed by atoms with E-state index >= 15 is 0 Å².